The van der Waals surface area contributed by atoms with Gasteiger partial charge in [-0.25, -0.2) is 10.9 Å². The third-order valence-corrected chi connectivity index (χ3v) is 9.74. The summed E-state index contributed by atoms with van der Waals surface area (Å²) in [4.78, 5) is 31.4. The van der Waals surface area contributed by atoms with Crippen LogP contribution < -0.4 is 10.9 Å². The van der Waals surface area contributed by atoms with Gasteiger partial charge in [0.15, 0.2) is 0 Å². The van der Waals surface area contributed by atoms with Crippen LogP contribution in [0, 0.1) is 0 Å². The second kappa shape index (κ2) is 14.1. The van der Waals surface area contributed by atoms with Crippen LogP contribution in [0.1, 0.15) is 68.9 Å². The Kier molecular flexibility index (Phi) is 9.36. The molecular formula is C38H32Br2N6O2. The minimum Gasteiger partial charge on any atom is -0.353 e. The van der Waals surface area contributed by atoms with Crippen molar-refractivity contribution in [3.8, 4) is 0 Å². The molecule has 48 heavy (non-hydrogen) atoms. The Morgan fingerprint density at radius 3 is 1.35 bits per heavy atom. The van der Waals surface area contributed by atoms with Crippen molar-refractivity contribution in [2.75, 3.05) is 0 Å². The number of fused-ring (bicyclic) bond motifs is 6. The average Bonchev–Trinajstić information content (AvgIpc) is 3.70. The van der Waals surface area contributed by atoms with Crippen molar-refractivity contribution in [2.45, 2.75) is 38.5 Å². The van der Waals surface area contributed by atoms with E-state index >= 15 is 0 Å². The number of rotatable bonds is 4. The molecule has 0 atom stereocenters. The Bertz CT molecular complexity index is 2040. The molecule has 2 heterocycles. The van der Waals surface area contributed by atoms with Crippen LogP contribution in [0.15, 0.2) is 116 Å². The Balaban J connectivity index is 0.000000152. The maximum atomic E-state index is 12.2. The molecular weight excluding hydrogens is 732 g/mol. The van der Waals surface area contributed by atoms with Crippen molar-refractivity contribution in [1.29, 1.82) is 0 Å². The van der Waals surface area contributed by atoms with Gasteiger partial charge in [-0.15, -0.1) is 0 Å². The Morgan fingerprint density at radius 1 is 0.542 bits per heavy atom. The van der Waals surface area contributed by atoms with E-state index < -0.39 is 0 Å². The van der Waals surface area contributed by atoms with Crippen molar-refractivity contribution in [2.24, 2.45) is 10.2 Å². The lowest BCUT2D eigenvalue weighted by Gasteiger charge is -2.14. The number of nitrogens with zero attached hydrogens (tertiary/aromatic N) is 2. The fraction of sp³-hybridized carbons (Fsp3) is 0.158. The summed E-state index contributed by atoms with van der Waals surface area (Å²) < 4.78 is 1.89. The molecule has 0 radical (unpaired) electrons. The fourth-order valence-electron chi connectivity index (χ4n) is 6.32. The van der Waals surface area contributed by atoms with Gasteiger partial charge in [-0.3, -0.25) is 9.59 Å². The van der Waals surface area contributed by atoms with E-state index in [0.29, 0.717) is 11.1 Å². The first-order chi connectivity index (χ1) is 23.4. The Morgan fingerprint density at radius 2 is 0.938 bits per heavy atom. The molecule has 0 fully saturated rings. The third kappa shape index (κ3) is 6.77. The van der Waals surface area contributed by atoms with E-state index in [0.717, 1.165) is 81.3 Å². The highest BCUT2D eigenvalue weighted by atomic mass is 79.9. The van der Waals surface area contributed by atoms with E-state index in [9.17, 15) is 9.59 Å². The third-order valence-electron chi connectivity index (χ3n) is 8.68. The van der Waals surface area contributed by atoms with Crippen LogP contribution in [-0.2, 0) is 12.8 Å². The molecule has 0 spiro atoms. The van der Waals surface area contributed by atoms with Crippen molar-refractivity contribution in [3.63, 3.8) is 0 Å². The summed E-state index contributed by atoms with van der Waals surface area (Å²) in [5, 5.41) is 11.3. The van der Waals surface area contributed by atoms with E-state index in [1.165, 1.54) is 21.9 Å². The number of hydrogen-bond acceptors (Lipinski definition) is 4. The van der Waals surface area contributed by atoms with Gasteiger partial charge < -0.3 is 9.97 Å². The number of H-pyrrole nitrogens is 2. The zero-order chi connectivity index (χ0) is 33.0. The van der Waals surface area contributed by atoms with E-state index in [2.05, 4.69) is 99.3 Å². The summed E-state index contributed by atoms with van der Waals surface area (Å²) in [6, 6.07) is 31.0. The number of aryl methyl sites for hydroxylation is 2. The number of hydrazone groups is 2. The molecule has 8 nitrogen and oxygen atoms in total. The number of nitrogens with one attached hydrogen (secondary N) is 4. The predicted molar refractivity (Wildman–Crippen MR) is 199 cm³/mol. The Labute approximate surface area is 294 Å². The fourth-order valence-corrected chi connectivity index (χ4v) is 6.85. The van der Waals surface area contributed by atoms with Crippen LogP contribution in [0.4, 0.5) is 0 Å². The number of carbonyl (C=O) groups excluding carboxylic acids is 2. The quantitative estimate of drug-likeness (QED) is 0.135. The van der Waals surface area contributed by atoms with Gasteiger partial charge in [-0.2, -0.15) is 10.2 Å². The van der Waals surface area contributed by atoms with Crippen molar-refractivity contribution < 1.29 is 9.59 Å². The second-order valence-corrected chi connectivity index (χ2v) is 13.6. The number of carbonyl (C=O) groups is 2. The first-order valence-corrected chi connectivity index (χ1v) is 17.5. The lowest BCUT2D eigenvalue weighted by Crippen LogP contribution is -2.22. The smallest absolute Gasteiger partial charge is 0.271 e. The number of aromatic amines is 2. The molecule has 8 rings (SSSR count). The monoisotopic (exact) mass is 762 g/mol. The highest BCUT2D eigenvalue weighted by Gasteiger charge is 2.22. The number of aromatic nitrogens is 2. The van der Waals surface area contributed by atoms with Crippen LogP contribution in [0.3, 0.4) is 0 Å². The average molecular weight is 765 g/mol. The number of para-hydroxylation sites is 2. The van der Waals surface area contributed by atoms with E-state index in [1.807, 2.05) is 36.4 Å². The minimum atomic E-state index is -0.196. The number of amides is 2. The van der Waals surface area contributed by atoms with Crippen LogP contribution in [0.25, 0.3) is 21.8 Å². The molecule has 0 aliphatic heterocycles. The minimum absolute atomic E-state index is 0.196. The van der Waals surface area contributed by atoms with Crippen LogP contribution in [0.2, 0.25) is 0 Å². The second-order valence-electron chi connectivity index (χ2n) is 11.8. The molecule has 2 amide bonds. The Hall–Kier alpha value is -4.80. The zero-order valence-corrected chi connectivity index (χ0v) is 29.1. The van der Waals surface area contributed by atoms with Gasteiger partial charge in [0.25, 0.3) is 11.8 Å². The summed E-state index contributed by atoms with van der Waals surface area (Å²) in [7, 11) is 0. The molecule has 240 valence electrons. The van der Waals surface area contributed by atoms with Gasteiger partial charge in [-0.05, 0) is 110 Å². The number of halogens is 2. The maximum absolute atomic E-state index is 12.2. The van der Waals surface area contributed by atoms with Crippen molar-refractivity contribution in [1.82, 2.24) is 20.8 Å². The molecule has 0 saturated heterocycles. The number of hydrogen-bond donors (Lipinski definition) is 4. The van der Waals surface area contributed by atoms with Crippen LogP contribution in [-0.4, -0.2) is 33.2 Å². The van der Waals surface area contributed by atoms with Crippen LogP contribution in [0.5, 0.6) is 0 Å². The molecule has 6 aromatic rings. The molecule has 0 bridgehead atoms. The van der Waals surface area contributed by atoms with Gasteiger partial charge in [0.2, 0.25) is 0 Å². The SMILES string of the molecule is O=C(N/N=C1\CCCc2c1[nH]c1ccccc21)c1ccc(Br)cc1.O=C(N/N=C1\CCCc2c1[nH]c1ccccc21)c1ccc(Br)cc1. The lowest BCUT2D eigenvalue weighted by atomic mass is 9.94. The van der Waals surface area contributed by atoms with E-state index in [-0.39, 0.29) is 11.8 Å². The van der Waals surface area contributed by atoms with Crippen LogP contribution >= 0.6 is 31.9 Å². The molecule has 2 aromatic heterocycles. The van der Waals surface area contributed by atoms with Gasteiger partial charge in [0, 0.05) is 41.9 Å². The zero-order valence-electron chi connectivity index (χ0n) is 25.9. The summed E-state index contributed by atoms with van der Waals surface area (Å²) in [5.41, 5.74) is 15.3. The molecule has 0 unspecified atom stereocenters. The summed E-state index contributed by atoms with van der Waals surface area (Å²) in [6.45, 7) is 0. The first-order valence-electron chi connectivity index (χ1n) is 15.9. The van der Waals surface area contributed by atoms with Gasteiger partial charge in [0.1, 0.15) is 0 Å². The topological polar surface area (TPSA) is 114 Å². The van der Waals surface area contributed by atoms with E-state index in [1.54, 1.807) is 24.3 Å². The molecule has 0 saturated carbocycles. The molecule has 4 N–H and O–H groups in total. The molecule has 10 heteroatoms. The van der Waals surface area contributed by atoms with Gasteiger partial charge >= 0.3 is 0 Å². The normalized spacial score (nSPS) is 15.5. The highest BCUT2D eigenvalue weighted by molar-refractivity contribution is 9.10. The van der Waals surface area contributed by atoms with Crippen molar-refractivity contribution in [3.05, 3.63) is 140 Å². The summed E-state index contributed by atoms with van der Waals surface area (Å²) >= 11 is 6.73. The standard InChI is InChI=1S/2C19H16BrN3O/c2*20-13-10-8-12(9-11-13)19(24)23-22-17-7-3-5-15-14-4-1-2-6-16(14)21-18(15)17/h2*1-2,4,6,8-11,21H,3,5,7H2,(H,23,24)/b2*22-17+. The predicted octanol–water partition coefficient (Wildman–Crippen LogP) is 8.80. The maximum Gasteiger partial charge on any atom is 0.271 e. The first kappa shape index (κ1) is 31.8. The summed E-state index contributed by atoms with van der Waals surface area (Å²) in [6.07, 6.45) is 5.89. The molecule has 2 aliphatic carbocycles. The highest BCUT2D eigenvalue weighted by Crippen LogP contribution is 2.30. The number of benzene rings is 4. The van der Waals surface area contributed by atoms with Gasteiger partial charge in [-0.1, -0.05) is 68.3 Å². The van der Waals surface area contributed by atoms with Gasteiger partial charge in [0.05, 0.1) is 22.8 Å². The summed E-state index contributed by atoms with van der Waals surface area (Å²) in [5.74, 6) is -0.392. The lowest BCUT2D eigenvalue weighted by molar-refractivity contribution is 0.0946. The van der Waals surface area contributed by atoms with E-state index in [4.69, 9.17) is 0 Å². The van der Waals surface area contributed by atoms with Crippen molar-refractivity contribution >= 4 is 76.9 Å². The molecule has 4 aromatic carbocycles. The largest absolute Gasteiger partial charge is 0.353 e. The molecule has 2 aliphatic rings.